The highest BCUT2D eigenvalue weighted by Gasteiger charge is 2.42. The molecule has 2 aliphatic rings. The van der Waals surface area contributed by atoms with Crippen LogP contribution in [0.2, 0.25) is 0 Å². The van der Waals surface area contributed by atoms with Gasteiger partial charge in [0.25, 0.3) is 5.91 Å². The van der Waals surface area contributed by atoms with Crippen molar-refractivity contribution in [1.29, 1.82) is 0 Å². The summed E-state index contributed by atoms with van der Waals surface area (Å²) in [5.74, 6) is -0.0103. The van der Waals surface area contributed by atoms with Crippen LogP contribution in [0, 0.1) is 5.92 Å². The Labute approximate surface area is 156 Å². The Morgan fingerprint density at radius 3 is 2.70 bits per heavy atom. The lowest BCUT2D eigenvalue weighted by atomic mass is 10.1. The number of carbonyl (C=O) groups excluding carboxylic acids is 2. The number of aryl methyl sites for hydroxylation is 1. The number of rotatable bonds is 4. The molecule has 7 heteroatoms. The number of nitrogens with zero attached hydrogens (tertiary/aromatic N) is 2. The maximum Gasteiger partial charge on any atom is 0.274 e. The third-order valence-electron chi connectivity index (χ3n) is 5.19. The molecule has 140 valence electrons. The minimum absolute atomic E-state index is 0.00382. The number of fused-ring (bicyclic) bond motifs is 1. The summed E-state index contributed by atoms with van der Waals surface area (Å²) in [5.41, 5.74) is 0.838. The third kappa shape index (κ3) is 3.32. The fourth-order valence-electron chi connectivity index (χ4n) is 3.78. The number of likely N-dealkylation sites (tertiary alicyclic amines) is 1. The number of amides is 2. The van der Waals surface area contributed by atoms with E-state index in [1.807, 2.05) is 30.3 Å². The minimum atomic E-state index is -0.319. The lowest BCUT2D eigenvalue weighted by Gasteiger charge is -2.21. The molecule has 1 aromatic heterocycles. The number of aromatic nitrogens is 1. The molecule has 4 rings (SSSR count). The first-order valence-electron chi connectivity index (χ1n) is 8.98. The summed E-state index contributed by atoms with van der Waals surface area (Å²) >= 11 is 0. The van der Waals surface area contributed by atoms with Crippen molar-refractivity contribution in [2.75, 3.05) is 13.1 Å². The number of hydrogen-bond donors (Lipinski definition) is 1. The van der Waals surface area contributed by atoms with Gasteiger partial charge < -0.3 is 19.5 Å². The van der Waals surface area contributed by atoms with Crippen LogP contribution < -0.4 is 15.5 Å². The number of ether oxygens (including phenoxy) is 1. The minimum Gasteiger partial charge on any atom is -0.483 e. The van der Waals surface area contributed by atoms with E-state index in [1.54, 1.807) is 22.7 Å². The quantitative estimate of drug-likeness (QED) is 0.872. The number of benzene rings is 1. The molecule has 7 nitrogen and oxygen atoms in total. The predicted octanol–water partition coefficient (Wildman–Crippen LogP) is 0.925. The zero-order valence-electron chi connectivity index (χ0n) is 15.1. The number of nitrogens with one attached hydrogen (secondary N) is 1. The van der Waals surface area contributed by atoms with Gasteiger partial charge in [-0.05, 0) is 5.56 Å². The van der Waals surface area contributed by atoms with Crippen molar-refractivity contribution in [3.05, 3.63) is 64.1 Å². The standard InChI is InChI=1S/C20H21N3O4/c1-22-8-7-16(24)19(27-12-13-5-3-2-4-6-13)18(22)20(26)23-10-14-9-17(25)21-15(14)11-23/h2-8,14-15H,9-12H2,1H3,(H,21,25)/t14-,15+/m0/s1. The predicted molar refractivity (Wildman–Crippen MR) is 98.4 cm³/mol. The molecule has 2 atom stereocenters. The molecule has 0 unspecified atom stereocenters. The second kappa shape index (κ2) is 6.90. The van der Waals surface area contributed by atoms with Crippen LogP contribution in [0.3, 0.4) is 0 Å². The fraction of sp³-hybridized carbons (Fsp3) is 0.350. The van der Waals surface area contributed by atoms with E-state index in [9.17, 15) is 14.4 Å². The molecule has 0 bridgehead atoms. The van der Waals surface area contributed by atoms with Gasteiger partial charge in [0.05, 0.1) is 6.04 Å². The molecular weight excluding hydrogens is 346 g/mol. The van der Waals surface area contributed by atoms with Gasteiger partial charge in [0.2, 0.25) is 11.3 Å². The summed E-state index contributed by atoms with van der Waals surface area (Å²) in [6.45, 7) is 1.17. The highest BCUT2D eigenvalue weighted by atomic mass is 16.5. The lowest BCUT2D eigenvalue weighted by Crippen LogP contribution is -2.37. The molecule has 2 fully saturated rings. The molecule has 0 aliphatic carbocycles. The SMILES string of the molecule is Cn1ccc(=O)c(OCc2ccccc2)c1C(=O)N1C[C@@H]2CC(=O)N[C@@H]2C1. The fourth-order valence-corrected chi connectivity index (χ4v) is 3.78. The Morgan fingerprint density at radius 1 is 1.19 bits per heavy atom. The zero-order valence-corrected chi connectivity index (χ0v) is 15.1. The molecule has 2 amide bonds. The van der Waals surface area contributed by atoms with Crippen molar-refractivity contribution < 1.29 is 14.3 Å². The monoisotopic (exact) mass is 367 g/mol. The van der Waals surface area contributed by atoms with Crippen LogP contribution in [0.1, 0.15) is 22.5 Å². The van der Waals surface area contributed by atoms with E-state index in [-0.39, 0.29) is 47.3 Å². The van der Waals surface area contributed by atoms with Crippen molar-refractivity contribution in [3.63, 3.8) is 0 Å². The van der Waals surface area contributed by atoms with E-state index in [2.05, 4.69) is 5.32 Å². The van der Waals surface area contributed by atoms with Crippen LogP contribution in [-0.2, 0) is 18.4 Å². The molecule has 0 radical (unpaired) electrons. The summed E-state index contributed by atoms with van der Waals surface area (Å²) in [7, 11) is 1.72. The van der Waals surface area contributed by atoms with Gasteiger partial charge in [-0.2, -0.15) is 0 Å². The van der Waals surface area contributed by atoms with Gasteiger partial charge in [-0.25, -0.2) is 0 Å². The first-order chi connectivity index (χ1) is 13.0. The van der Waals surface area contributed by atoms with Gasteiger partial charge in [0, 0.05) is 44.7 Å². The van der Waals surface area contributed by atoms with E-state index in [1.165, 1.54) is 6.07 Å². The Morgan fingerprint density at radius 2 is 1.96 bits per heavy atom. The lowest BCUT2D eigenvalue weighted by molar-refractivity contribution is -0.119. The van der Waals surface area contributed by atoms with E-state index in [0.29, 0.717) is 19.5 Å². The van der Waals surface area contributed by atoms with E-state index in [0.717, 1.165) is 5.56 Å². The van der Waals surface area contributed by atoms with Crippen LogP contribution in [0.4, 0.5) is 0 Å². The smallest absolute Gasteiger partial charge is 0.274 e. The molecule has 0 saturated carbocycles. The number of hydrogen-bond acceptors (Lipinski definition) is 4. The number of carbonyl (C=O) groups is 2. The van der Waals surface area contributed by atoms with Gasteiger partial charge >= 0.3 is 0 Å². The van der Waals surface area contributed by atoms with Crippen LogP contribution in [0.25, 0.3) is 0 Å². The molecule has 3 heterocycles. The highest BCUT2D eigenvalue weighted by Crippen LogP contribution is 2.27. The van der Waals surface area contributed by atoms with E-state index < -0.39 is 0 Å². The maximum atomic E-state index is 13.1. The first-order valence-corrected chi connectivity index (χ1v) is 8.98. The molecular formula is C20H21N3O4. The van der Waals surface area contributed by atoms with E-state index in [4.69, 9.17) is 4.74 Å². The van der Waals surface area contributed by atoms with Gasteiger partial charge in [0.15, 0.2) is 11.4 Å². The van der Waals surface area contributed by atoms with Crippen LogP contribution in [0.5, 0.6) is 5.75 Å². The summed E-state index contributed by atoms with van der Waals surface area (Å²) in [6, 6.07) is 10.9. The third-order valence-corrected chi connectivity index (χ3v) is 5.19. The van der Waals surface area contributed by atoms with Gasteiger partial charge in [-0.1, -0.05) is 30.3 Å². The molecule has 1 aromatic carbocycles. The second-order valence-corrected chi connectivity index (χ2v) is 7.09. The van der Waals surface area contributed by atoms with Crippen molar-refractivity contribution in [1.82, 2.24) is 14.8 Å². The zero-order chi connectivity index (χ0) is 19.0. The Hall–Kier alpha value is -3.09. The Kier molecular flexibility index (Phi) is 4.43. The summed E-state index contributed by atoms with van der Waals surface area (Å²) in [4.78, 5) is 38.7. The van der Waals surface area contributed by atoms with E-state index >= 15 is 0 Å². The van der Waals surface area contributed by atoms with Gasteiger partial charge in [-0.15, -0.1) is 0 Å². The topological polar surface area (TPSA) is 80.6 Å². The number of pyridine rings is 1. The largest absolute Gasteiger partial charge is 0.483 e. The summed E-state index contributed by atoms with van der Waals surface area (Å²) < 4.78 is 7.40. The van der Waals surface area contributed by atoms with Gasteiger partial charge in [-0.3, -0.25) is 14.4 Å². The average Bonchev–Trinajstić information content (AvgIpc) is 3.20. The second-order valence-electron chi connectivity index (χ2n) is 7.09. The van der Waals surface area contributed by atoms with Crippen LogP contribution >= 0.6 is 0 Å². The molecule has 1 N–H and O–H groups in total. The first kappa shape index (κ1) is 17.3. The van der Waals surface area contributed by atoms with Crippen molar-refractivity contribution in [3.8, 4) is 5.75 Å². The maximum absolute atomic E-state index is 13.1. The van der Waals surface area contributed by atoms with Crippen molar-refractivity contribution >= 4 is 11.8 Å². The molecule has 2 saturated heterocycles. The summed E-state index contributed by atoms with van der Waals surface area (Å²) in [6.07, 6.45) is 2.02. The average molecular weight is 367 g/mol. The highest BCUT2D eigenvalue weighted by molar-refractivity contribution is 5.95. The van der Waals surface area contributed by atoms with Crippen LogP contribution in [-0.4, -0.2) is 40.4 Å². The molecule has 27 heavy (non-hydrogen) atoms. The normalized spacial score (nSPS) is 21.1. The van der Waals surface area contributed by atoms with Crippen molar-refractivity contribution in [2.45, 2.75) is 19.1 Å². The van der Waals surface area contributed by atoms with Crippen molar-refractivity contribution in [2.24, 2.45) is 13.0 Å². The van der Waals surface area contributed by atoms with Gasteiger partial charge in [0.1, 0.15) is 6.61 Å². The molecule has 0 spiro atoms. The molecule has 2 aromatic rings. The Bertz CT molecular complexity index is 922. The Balaban J connectivity index is 1.58. The molecule has 2 aliphatic heterocycles. The summed E-state index contributed by atoms with van der Waals surface area (Å²) in [5, 5.41) is 2.91. The van der Waals surface area contributed by atoms with Crippen LogP contribution in [0.15, 0.2) is 47.4 Å².